The first-order valence-electron chi connectivity index (χ1n) is 24.2. The molecular formula is C67H45NO. The van der Waals surface area contributed by atoms with Gasteiger partial charge in [-0.15, -0.1) is 0 Å². The quantitative estimate of drug-likeness (QED) is 0.155. The molecule has 1 heterocycles. The van der Waals surface area contributed by atoms with Crippen molar-refractivity contribution >= 4 is 82.1 Å². The minimum absolute atomic E-state index is 0.152. The van der Waals surface area contributed by atoms with Crippen molar-refractivity contribution in [3.63, 3.8) is 0 Å². The van der Waals surface area contributed by atoms with Gasteiger partial charge in [-0.1, -0.05) is 182 Å². The summed E-state index contributed by atoms with van der Waals surface area (Å²) in [6.45, 7) is 0. The largest absolute Gasteiger partial charge is 0.456 e. The number of fused-ring (bicyclic) bond motifs is 12. The van der Waals surface area contributed by atoms with Gasteiger partial charge in [-0.2, -0.15) is 0 Å². The van der Waals surface area contributed by atoms with Crippen LogP contribution in [0.1, 0.15) is 29.0 Å². The summed E-state index contributed by atoms with van der Waals surface area (Å²) in [6, 6.07) is 89.5. The summed E-state index contributed by atoms with van der Waals surface area (Å²) in [6.07, 6.45) is 1.86. The maximum Gasteiger partial charge on any atom is 0.136 e. The Morgan fingerprint density at radius 1 is 0.362 bits per heavy atom. The molecule has 13 aromatic rings. The Bertz CT molecular complexity index is 4130. The van der Waals surface area contributed by atoms with Gasteiger partial charge in [0.25, 0.3) is 0 Å². The lowest BCUT2D eigenvalue weighted by Gasteiger charge is -2.28. The van der Waals surface area contributed by atoms with Crippen LogP contribution in [0.2, 0.25) is 0 Å². The van der Waals surface area contributed by atoms with Gasteiger partial charge < -0.3 is 9.32 Å². The molecule has 0 aliphatic heterocycles. The van der Waals surface area contributed by atoms with E-state index >= 15 is 0 Å². The number of hydrogen-bond donors (Lipinski definition) is 0. The number of para-hydroxylation sites is 2. The Labute approximate surface area is 401 Å². The van der Waals surface area contributed by atoms with E-state index in [-0.39, 0.29) is 5.92 Å². The lowest BCUT2D eigenvalue weighted by molar-refractivity contribution is 0.667. The fourth-order valence-electron chi connectivity index (χ4n) is 11.8. The predicted molar refractivity (Wildman–Crippen MR) is 291 cm³/mol. The van der Waals surface area contributed by atoms with Gasteiger partial charge in [0, 0.05) is 39.3 Å². The number of anilines is 3. The van der Waals surface area contributed by atoms with E-state index in [1.807, 2.05) is 0 Å². The molecule has 12 aromatic carbocycles. The minimum atomic E-state index is 0.152. The second-order valence-electron chi connectivity index (χ2n) is 18.6. The molecule has 0 spiro atoms. The first kappa shape index (κ1) is 39.4. The summed E-state index contributed by atoms with van der Waals surface area (Å²) in [7, 11) is 0. The van der Waals surface area contributed by atoms with Crippen LogP contribution in [0.25, 0.3) is 98.4 Å². The van der Waals surface area contributed by atoms with E-state index in [0.717, 1.165) is 46.5 Å². The normalized spacial score (nSPS) is 13.5. The van der Waals surface area contributed by atoms with Crippen LogP contribution in [0.3, 0.4) is 0 Å². The van der Waals surface area contributed by atoms with Crippen LogP contribution in [0, 0.1) is 0 Å². The van der Waals surface area contributed by atoms with Crippen LogP contribution in [0.4, 0.5) is 17.1 Å². The second-order valence-corrected chi connectivity index (χ2v) is 18.6. The zero-order valence-corrected chi connectivity index (χ0v) is 37.9. The van der Waals surface area contributed by atoms with Crippen molar-refractivity contribution in [2.24, 2.45) is 0 Å². The fraction of sp³-hybridized carbons (Fsp3) is 0.0448. The molecule has 1 atom stereocenters. The molecule has 0 fully saturated rings. The maximum absolute atomic E-state index is 6.84. The van der Waals surface area contributed by atoms with Crippen LogP contribution in [-0.2, 0) is 6.42 Å². The monoisotopic (exact) mass is 879 g/mol. The zero-order valence-electron chi connectivity index (χ0n) is 37.9. The summed E-state index contributed by atoms with van der Waals surface area (Å²) in [5.41, 5.74) is 16.7. The highest BCUT2D eigenvalue weighted by Crippen LogP contribution is 2.53. The van der Waals surface area contributed by atoms with Crippen LogP contribution in [-0.4, -0.2) is 0 Å². The van der Waals surface area contributed by atoms with E-state index in [9.17, 15) is 0 Å². The summed E-state index contributed by atoms with van der Waals surface area (Å²) < 4.78 is 6.84. The topological polar surface area (TPSA) is 16.4 Å². The Hall–Kier alpha value is -8.72. The van der Waals surface area contributed by atoms with E-state index in [0.29, 0.717) is 0 Å². The Morgan fingerprint density at radius 3 is 1.59 bits per heavy atom. The standard InChI is InChI=1S/C67H45NO/c1-3-17-43(18-4-1)53-37-33-47-41-64-66(59-29-15-16-30-63(59)69-64)67(62-40-46-20-8-10-24-52(46)55-26-12-14-28-57(55)62)65(47)58-38-36-50(42-61(53)58)68(48-21-5-2-6-22-48)49-34-31-44(32-35-49)60-39-45-19-7-9-23-51(45)54-25-11-13-27-56(54)60/h1-32,34-36,38-42,53H,33,37H2. The molecule has 1 aliphatic rings. The first-order chi connectivity index (χ1) is 34.2. The van der Waals surface area contributed by atoms with Gasteiger partial charge in [0.1, 0.15) is 11.2 Å². The van der Waals surface area contributed by atoms with Crippen molar-refractivity contribution in [2.45, 2.75) is 18.8 Å². The molecule has 2 heteroatoms. The number of benzene rings is 12. The van der Waals surface area contributed by atoms with E-state index in [4.69, 9.17) is 4.42 Å². The SMILES string of the molecule is c1ccc(C2CCc3cc4oc5ccccc5c4c(-c4cc5ccccc5c5ccccc45)c3-c3ccc(N(c4ccccc4)c4ccc(-c5cc6ccccc6c6ccccc56)cc4)cc32)cc1. The highest BCUT2D eigenvalue weighted by atomic mass is 16.3. The van der Waals surface area contributed by atoms with Crippen LogP contribution in [0.15, 0.2) is 247 Å². The average molecular weight is 880 g/mol. The lowest BCUT2D eigenvalue weighted by atomic mass is 9.82. The Balaban J connectivity index is 1.01. The van der Waals surface area contributed by atoms with Crippen molar-refractivity contribution in [3.05, 3.63) is 259 Å². The van der Waals surface area contributed by atoms with Crippen LogP contribution in [0.5, 0.6) is 0 Å². The highest BCUT2D eigenvalue weighted by Gasteiger charge is 2.31. The summed E-state index contributed by atoms with van der Waals surface area (Å²) in [4.78, 5) is 2.43. The third-order valence-corrected chi connectivity index (χ3v) is 14.8. The van der Waals surface area contributed by atoms with Crippen molar-refractivity contribution in [1.29, 1.82) is 0 Å². The van der Waals surface area contributed by atoms with Gasteiger partial charge in [0.15, 0.2) is 0 Å². The first-order valence-corrected chi connectivity index (χ1v) is 24.2. The molecule has 324 valence electrons. The molecule has 0 bridgehead atoms. The highest BCUT2D eigenvalue weighted by molar-refractivity contribution is 6.23. The van der Waals surface area contributed by atoms with E-state index < -0.39 is 0 Å². The van der Waals surface area contributed by atoms with Gasteiger partial charge >= 0.3 is 0 Å². The Morgan fingerprint density at radius 2 is 0.899 bits per heavy atom. The second kappa shape index (κ2) is 16.0. The lowest BCUT2D eigenvalue weighted by Crippen LogP contribution is -2.11. The molecule has 0 radical (unpaired) electrons. The van der Waals surface area contributed by atoms with Gasteiger partial charge in [-0.3, -0.25) is 0 Å². The summed E-state index contributed by atoms with van der Waals surface area (Å²) in [5.74, 6) is 0.152. The number of furan rings is 1. The molecular weight excluding hydrogens is 835 g/mol. The minimum Gasteiger partial charge on any atom is -0.456 e. The number of hydrogen-bond acceptors (Lipinski definition) is 2. The summed E-state index contributed by atoms with van der Waals surface area (Å²) in [5, 5.41) is 12.4. The molecule has 14 rings (SSSR count). The maximum atomic E-state index is 6.84. The third-order valence-electron chi connectivity index (χ3n) is 14.8. The van der Waals surface area contributed by atoms with E-state index in [1.165, 1.54) is 98.5 Å². The van der Waals surface area contributed by atoms with Gasteiger partial charge in [-0.05, 0) is 161 Å². The molecule has 1 aromatic heterocycles. The van der Waals surface area contributed by atoms with Gasteiger partial charge in [0.2, 0.25) is 0 Å². The Kier molecular flexibility index (Phi) is 9.13. The predicted octanol–water partition coefficient (Wildman–Crippen LogP) is 18.7. The molecule has 2 nitrogen and oxygen atoms in total. The van der Waals surface area contributed by atoms with Crippen molar-refractivity contribution in [2.75, 3.05) is 4.90 Å². The van der Waals surface area contributed by atoms with Crippen molar-refractivity contribution in [3.8, 4) is 33.4 Å². The molecule has 0 saturated heterocycles. The smallest absolute Gasteiger partial charge is 0.136 e. The van der Waals surface area contributed by atoms with Crippen LogP contribution >= 0.6 is 0 Å². The molecule has 0 saturated carbocycles. The van der Waals surface area contributed by atoms with Gasteiger partial charge in [0.05, 0.1) is 0 Å². The third kappa shape index (κ3) is 6.40. The van der Waals surface area contributed by atoms with Gasteiger partial charge in [-0.25, -0.2) is 0 Å². The molecule has 1 unspecified atom stereocenters. The molecule has 1 aliphatic carbocycles. The average Bonchev–Trinajstić information content (AvgIpc) is 3.71. The van der Waals surface area contributed by atoms with E-state index in [2.05, 4.69) is 248 Å². The molecule has 69 heavy (non-hydrogen) atoms. The number of rotatable bonds is 6. The van der Waals surface area contributed by atoms with Crippen molar-refractivity contribution in [1.82, 2.24) is 0 Å². The van der Waals surface area contributed by atoms with Crippen molar-refractivity contribution < 1.29 is 4.42 Å². The number of nitrogens with zero attached hydrogens (tertiary/aromatic N) is 1. The number of aryl methyl sites for hydroxylation is 1. The fourth-order valence-corrected chi connectivity index (χ4v) is 11.8. The summed E-state index contributed by atoms with van der Waals surface area (Å²) >= 11 is 0. The molecule has 0 N–H and O–H groups in total. The van der Waals surface area contributed by atoms with E-state index in [1.54, 1.807) is 0 Å². The van der Waals surface area contributed by atoms with Crippen LogP contribution < -0.4 is 4.90 Å². The zero-order chi connectivity index (χ0) is 45.4. The molecule has 0 amide bonds.